The van der Waals surface area contributed by atoms with Crippen molar-refractivity contribution in [2.24, 2.45) is 5.41 Å². The number of allylic oxidation sites excluding steroid dienone is 1. The summed E-state index contributed by atoms with van der Waals surface area (Å²) in [5, 5.41) is 22.4. The van der Waals surface area contributed by atoms with E-state index in [1.807, 2.05) is 42.5 Å². The number of H-pyrrole nitrogens is 1. The lowest BCUT2D eigenvalue weighted by molar-refractivity contribution is -0.385. The summed E-state index contributed by atoms with van der Waals surface area (Å²) in [7, 11) is 0. The summed E-state index contributed by atoms with van der Waals surface area (Å²) in [5.41, 5.74) is 6.44. The average molecular weight is 760 g/mol. The van der Waals surface area contributed by atoms with Crippen molar-refractivity contribution in [3.63, 3.8) is 0 Å². The number of fused-ring (bicyclic) bond motifs is 1. The second-order valence-electron chi connectivity index (χ2n) is 14.3. The Morgan fingerprint density at radius 1 is 1.06 bits per heavy atom. The summed E-state index contributed by atoms with van der Waals surface area (Å²) in [5.74, 6) is 0.407. The van der Waals surface area contributed by atoms with Gasteiger partial charge in [-0.1, -0.05) is 35.7 Å². The fourth-order valence-electron chi connectivity index (χ4n) is 7.89. The second kappa shape index (κ2) is 15.2. The van der Waals surface area contributed by atoms with Gasteiger partial charge in [-0.25, -0.2) is 4.98 Å². The molecule has 3 aliphatic rings. The number of nitrogens with one attached hydrogen (secondary N) is 2. The molecule has 0 bridgehead atoms. The van der Waals surface area contributed by atoms with Gasteiger partial charge in [0.05, 0.1) is 16.7 Å². The molecule has 2 aromatic heterocycles. The molecule has 0 radical (unpaired) electrons. The highest BCUT2D eigenvalue weighted by molar-refractivity contribution is 7.98. The number of hydrogen-bond donors (Lipinski definition) is 2. The number of aromatic nitrogens is 2. The van der Waals surface area contributed by atoms with Crippen LogP contribution in [0.2, 0.25) is 5.02 Å². The number of carbonyl (C=O) groups is 1. The van der Waals surface area contributed by atoms with Crippen LogP contribution in [0.3, 0.4) is 0 Å². The van der Waals surface area contributed by atoms with Gasteiger partial charge in [0, 0.05) is 72.0 Å². The highest BCUT2D eigenvalue weighted by Crippen LogP contribution is 2.55. The normalized spacial score (nSPS) is 16.9. The number of halogens is 1. The molecule has 274 valence electrons. The number of nitrogens with zero attached hydrogens (tertiary/aromatic N) is 5. The van der Waals surface area contributed by atoms with E-state index in [0.717, 1.165) is 79.3 Å². The summed E-state index contributed by atoms with van der Waals surface area (Å²) < 4.78 is 9.15. The lowest BCUT2D eigenvalue weighted by Gasteiger charge is -2.47. The van der Waals surface area contributed by atoms with Crippen LogP contribution in [0.15, 0.2) is 95.7 Å². The Bertz CT molecular complexity index is 2310. The smallest absolute Gasteiger partial charge is 0.288 e. The number of hydrogen-bond acceptors (Lipinski definition) is 9. The second-order valence-corrected chi connectivity index (χ2v) is 15.6. The third-order valence-electron chi connectivity index (χ3n) is 11.1. The molecule has 13 heteroatoms. The van der Waals surface area contributed by atoms with Crippen molar-refractivity contribution >= 4 is 57.4 Å². The Labute approximate surface area is 322 Å². The molecule has 2 fully saturated rings. The predicted molar refractivity (Wildman–Crippen MR) is 211 cm³/mol. The van der Waals surface area contributed by atoms with Crippen LogP contribution in [0.1, 0.15) is 60.0 Å². The van der Waals surface area contributed by atoms with Gasteiger partial charge in [-0.05, 0) is 109 Å². The summed E-state index contributed by atoms with van der Waals surface area (Å²) in [6.07, 6.45) is 11.0. The zero-order valence-corrected chi connectivity index (χ0v) is 31.1. The monoisotopic (exact) mass is 759 g/mol. The van der Waals surface area contributed by atoms with Crippen molar-refractivity contribution < 1.29 is 14.5 Å². The maximum Gasteiger partial charge on any atom is 0.288 e. The van der Waals surface area contributed by atoms with Crippen LogP contribution in [0.4, 0.5) is 11.4 Å². The molecule has 54 heavy (non-hydrogen) atoms. The van der Waals surface area contributed by atoms with Crippen LogP contribution >= 0.6 is 23.5 Å². The molecule has 2 N–H and O–H groups in total. The lowest BCUT2D eigenvalue weighted by Crippen LogP contribution is -2.47. The summed E-state index contributed by atoms with van der Waals surface area (Å²) >= 11 is 7.19. The van der Waals surface area contributed by atoms with Crippen LogP contribution < -0.4 is 14.4 Å². The standard InChI is InChI=1S/C41H38ClN7O4S/c42-31-5-2-27(3-6-31)36-23-41(12-1-13-41)14-10-30(36)26-47-16-18-48(19-17-47)32-7-9-35(38(21-32)53-33-20-28-11-15-44-39(28)45-25-33)40(50)46-54-34-8-4-29(24-43)37(22-34)49(51)52/h2-9,11,15,20-22,25H,1,10,12-14,16-19,23,26H2,(H,44,45)(H,46,50). The van der Waals surface area contributed by atoms with Gasteiger partial charge in [-0.2, -0.15) is 5.26 Å². The molecule has 2 aliphatic carbocycles. The zero-order valence-electron chi connectivity index (χ0n) is 29.5. The van der Waals surface area contributed by atoms with Crippen LogP contribution in [0.5, 0.6) is 11.5 Å². The van der Waals surface area contributed by atoms with Gasteiger partial charge < -0.3 is 14.6 Å². The quantitative estimate of drug-likeness (QED) is 0.0810. The number of nitro groups is 1. The van der Waals surface area contributed by atoms with Crippen LogP contribution in [-0.4, -0.2) is 58.4 Å². The first-order valence-corrected chi connectivity index (χ1v) is 19.3. The third kappa shape index (κ3) is 7.53. The number of anilines is 1. The van der Waals surface area contributed by atoms with Crippen LogP contribution in [-0.2, 0) is 0 Å². The van der Waals surface area contributed by atoms with E-state index in [0.29, 0.717) is 27.4 Å². The van der Waals surface area contributed by atoms with E-state index in [-0.39, 0.29) is 11.3 Å². The number of pyridine rings is 1. The third-order valence-corrected chi connectivity index (χ3v) is 12.1. The van der Waals surface area contributed by atoms with Crippen molar-refractivity contribution in [3.8, 4) is 17.6 Å². The number of amides is 1. The van der Waals surface area contributed by atoms with Crippen molar-refractivity contribution in [1.82, 2.24) is 19.6 Å². The summed E-state index contributed by atoms with van der Waals surface area (Å²) in [6, 6.07) is 23.7. The molecule has 3 aromatic carbocycles. The number of nitriles is 1. The average Bonchev–Trinajstić information content (AvgIpc) is 3.65. The van der Waals surface area contributed by atoms with E-state index < -0.39 is 10.8 Å². The van der Waals surface area contributed by atoms with Gasteiger partial charge in [0.25, 0.3) is 11.6 Å². The van der Waals surface area contributed by atoms with Gasteiger partial charge in [0.2, 0.25) is 0 Å². The molecule has 1 saturated carbocycles. The highest BCUT2D eigenvalue weighted by atomic mass is 35.5. The summed E-state index contributed by atoms with van der Waals surface area (Å²) in [4.78, 5) is 37.3. The number of nitro benzene ring substituents is 1. The maximum atomic E-state index is 13.6. The Morgan fingerprint density at radius 3 is 2.61 bits per heavy atom. The molecule has 1 spiro atoms. The molecule has 8 rings (SSSR count). The van der Waals surface area contributed by atoms with E-state index >= 15 is 0 Å². The molecule has 0 atom stereocenters. The topological polar surface area (TPSA) is 140 Å². The predicted octanol–water partition coefficient (Wildman–Crippen LogP) is 9.16. The summed E-state index contributed by atoms with van der Waals surface area (Å²) in [6.45, 7) is 4.42. The lowest BCUT2D eigenvalue weighted by atomic mass is 9.59. The Kier molecular flexibility index (Phi) is 10.0. The Morgan fingerprint density at radius 2 is 1.87 bits per heavy atom. The minimum Gasteiger partial charge on any atom is -0.455 e. The van der Waals surface area contributed by atoms with E-state index in [1.54, 1.807) is 30.1 Å². The number of piperazine rings is 1. The number of ether oxygens (including phenoxy) is 1. The number of aromatic amines is 1. The first kappa shape index (κ1) is 35.7. The van der Waals surface area contributed by atoms with Crippen LogP contribution in [0, 0.1) is 26.9 Å². The molecule has 1 aliphatic heterocycles. The van der Waals surface area contributed by atoms with Crippen molar-refractivity contribution in [2.75, 3.05) is 37.6 Å². The Hall–Kier alpha value is -5.35. The van der Waals surface area contributed by atoms with Gasteiger partial charge in [-0.15, -0.1) is 0 Å². The minimum atomic E-state index is -0.611. The van der Waals surface area contributed by atoms with E-state index in [9.17, 15) is 20.2 Å². The molecule has 0 unspecified atom stereocenters. The van der Waals surface area contributed by atoms with Crippen molar-refractivity contribution in [3.05, 3.63) is 123 Å². The minimum absolute atomic E-state index is 0.0496. The number of carbonyl (C=O) groups excluding carboxylic acids is 1. The van der Waals surface area contributed by atoms with E-state index in [4.69, 9.17) is 16.3 Å². The van der Waals surface area contributed by atoms with Crippen molar-refractivity contribution in [2.45, 2.75) is 43.4 Å². The molecule has 1 amide bonds. The molecule has 5 aromatic rings. The first-order chi connectivity index (χ1) is 26.3. The number of benzene rings is 3. The fourth-order valence-corrected chi connectivity index (χ4v) is 8.64. The molecule has 3 heterocycles. The highest BCUT2D eigenvalue weighted by Gasteiger charge is 2.41. The van der Waals surface area contributed by atoms with Gasteiger partial charge >= 0.3 is 0 Å². The maximum absolute atomic E-state index is 13.6. The first-order valence-electron chi connectivity index (χ1n) is 18.1. The molecular weight excluding hydrogens is 722 g/mol. The molecular formula is C41H38ClN7O4S. The van der Waals surface area contributed by atoms with Crippen molar-refractivity contribution in [1.29, 1.82) is 5.26 Å². The van der Waals surface area contributed by atoms with Crippen LogP contribution in [0.25, 0.3) is 16.6 Å². The molecule has 1 saturated heterocycles. The molecule has 11 nitrogen and oxygen atoms in total. The van der Waals surface area contributed by atoms with E-state index in [1.165, 1.54) is 49.0 Å². The van der Waals surface area contributed by atoms with Gasteiger partial charge in [0.15, 0.2) is 0 Å². The largest absolute Gasteiger partial charge is 0.455 e. The zero-order chi connectivity index (χ0) is 37.2. The SMILES string of the molecule is N#Cc1ccc(SNC(=O)c2ccc(N3CCN(CC4=C(c5ccc(Cl)cc5)CC5(CCC5)CC4)CC3)cc2Oc2cnc3[nH]ccc3c2)cc1[N+](=O)[O-]. The van der Waals surface area contributed by atoms with E-state index in [2.05, 4.69) is 36.6 Å². The fraction of sp³-hybridized carbons (Fsp3) is 0.293. The van der Waals surface area contributed by atoms with Gasteiger partial charge in [-0.3, -0.25) is 24.5 Å². The van der Waals surface area contributed by atoms with Gasteiger partial charge in [0.1, 0.15) is 28.8 Å². The number of rotatable bonds is 10. The Balaban J connectivity index is 0.994.